The van der Waals surface area contributed by atoms with Crippen molar-refractivity contribution in [3.05, 3.63) is 57.4 Å². The van der Waals surface area contributed by atoms with Crippen molar-refractivity contribution in [2.75, 3.05) is 26.7 Å². The molecule has 1 N–H and O–H groups in total. The fourth-order valence-electron chi connectivity index (χ4n) is 4.54. The fourth-order valence-corrected chi connectivity index (χ4v) is 5.40. The molecular formula is C26H26ClFN2O3S. The van der Waals surface area contributed by atoms with E-state index < -0.39 is 18.1 Å². The van der Waals surface area contributed by atoms with Crippen molar-refractivity contribution in [2.24, 2.45) is 11.8 Å². The highest BCUT2D eigenvalue weighted by atomic mass is 35.5. The van der Waals surface area contributed by atoms with E-state index in [9.17, 15) is 9.90 Å². The smallest absolute Gasteiger partial charge is 0.308 e. The minimum atomic E-state index is -1.32. The maximum atomic E-state index is 15.5. The SMILES string of the molecule is COc1ccc2ncc(Cl)c(C(F)CCC3CCN(CC#Cc4cccs4)CC3C(=O)O)c2c1. The summed E-state index contributed by atoms with van der Waals surface area (Å²) in [5, 5.41) is 12.7. The quantitative estimate of drug-likeness (QED) is 0.414. The van der Waals surface area contributed by atoms with Crippen LogP contribution in [0.4, 0.5) is 4.39 Å². The summed E-state index contributed by atoms with van der Waals surface area (Å²) < 4.78 is 20.8. The fraction of sp³-hybridized carbons (Fsp3) is 0.385. The van der Waals surface area contributed by atoms with Crippen LogP contribution in [-0.2, 0) is 4.79 Å². The van der Waals surface area contributed by atoms with Crippen LogP contribution in [-0.4, -0.2) is 47.7 Å². The average Bonchev–Trinajstić information content (AvgIpc) is 3.36. The molecule has 1 aliphatic rings. The summed E-state index contributed by atoms with van der Waals surface area (Å²) in [5.41, 5.74) is 1.03. The lowest BCUT2D eigenvalue weighted by molar-refractivity contribution is -0.146. The topological polar surface area (TPSA) is 62.7 Å². The molecule has 3 unspecified atom stereocenters. The Morgan fingerprint density at radius 2 is 2.29 bits per heavy atom. The Bertz CT molecular complexity index is 1210. The number of methoxy groups -OCH3 is 1. The zero-order valence-electron chi connectivity index (χ0n) is 18.8. The minimum absolute atomic E-state index is 0.0985. The molecule has 0 saturated carbocycles. The minimum Gasteiger partial charge on any atom is -0.497 e. The molecular weight excluding hydrogens is 475 g/mol. The number of piperidine rings is 1. The molecule has 1 aliphatic heterocycles. The van der Waals surface area contributed by atoms with E-state index in [1.54, 1.807) is 36.6 Å². The van der Waals surface area contributed by atoms with Crippen molar-refractivity contribution >= 4 is 39.8 Å². The van der Waals surface area contributed by atoms with Gasteiger partial charge in [0.15, 0.2) is 0 Å². The lowest BCUT2D eigenvalue weighted by atomic mass is 9.81. The third kappa shape index (κ3) is 5.69. The number of hydrogen-bond acceptors (Lipinski definition) is 5. The van der Waals surface area contributed by atoms with Crippen molar-refractivity contribution in [1.82, 2.24) is 9.88 Å². The van der Waals surface area contributed by atoms with Crippen LogP contribution in [0.25, 0.3) is 10.9 Å². The van der Waals surface area contributed by atoms with Gasteiger partial charge in [-0.05, 0) is 61.4 Å². The number of aromatic nitrogens is 1. The van der Waals surface area contributed by atoms with Crippen molar-refractivity contribution in [2.45, 2.75) is 25.4 Å². The first-order valence-corrected chi connectivity index (χ1v) is 12.5. The lowest BCUT2D eigenvalue weighted by Gasteiger charge is -2.36. The summed E-state index contributed by atoms with van der Waals surface area (Å²) >= 11 is 7.93. The zero-order valence-corrected chi connectivity index (χ0v) is 20.4. The first-order valence-electron chi connectivity index (χ1n) is 11.2. The Kier molecular flexibility index (Phi) is 8.04. The van der Waals surface area contributed by atoms with E-state index in [-0.39, 0.29) is 17.4 Å². The molecule has 3 heterocycles. The molecule has 1 saturated heterocycles. The molecule has 0 aliphatic carbocycles. The number of hydrogen-bond donors (Lipinski definition) is 1. The summed E-state index contributed by atoms with van der Waals surface area (Å²) in [6.07, 6.45) is 1.51. The van der Waals surface area contributed by atoms with Crippen molar-refractivity contribution in [1.29, 1.82) is 0 Å². The number of aliphatic carboxylic acids is 1. The van der Waals surface area contributed by atoms with E-state index in [4.69, 9.17) is 16.3 Å². The van der Waals surface area contributed by atoms with Gasteiger partial charge < -0.3 is 9.84 Å². The van der Waals surface area contributed by atoms with E-state index in [0.717, 1.165) is 11.4 Å². The van der Waals surface area contributed by atoms with E-state index >= 15 is 4.39 Å². The van der Waals surface area contributed by atoms with Gasteiger partial charge in [0.05, 0.1) is 35.0 Å². The summed E-state index contributed by atoms with van der Waals surface area (Å²) in [6, 6.07) is 9.21. The highest BCUT2D eigenvalue weighted by Gasteiger charge is 2.34. The third-order valence-corrected chi connectivity index (χ3v) is 7.45. The highest BCUT2D eigenvalue weighted by molar-refractivity contribution is 7.10. The van der Waals surface area contributed by atoms with Gasteiger partial charge in [-0.2, -0.15) is 0 Å². The number of nitrogens with zero attached hydrogens (tertiary/aromatic N) is 2. The van der Waals surface area contributed by atoms with Crippen LogP contribution >= 0.6 is 22.9 Å². The zero-order chi connectivity index (χ0) is 24.1. The molecule has 34 heavy (non-hydrogen) atoms. The molecule has 0 amide bonds. The van der Waals surface area contributed by atoms with Crippen LogP contribution in [0.5, 0.6) is 5.75 Å². The molecule has 8 heteroatoms. The molecule has 3 atom stereocenters. The number of rotatable bonds is 7. The Morgan fingerprint density at radius 3 is 3.03 bits per heavy atom. The number of fused-ring (bicyclic) bond motifs is 1. The molecule has 1 fully saturated rings. The van der Waals surface area contributed by atoms with Crippen LogP contribution in [0.15, 0.2) is 41.9 Å². The van der Waals surface area contributed by atoms with Crippen LogP contribution in [0, 0.1) is 23.7 Å². The van der Waals surface area contributed by atoms with Gasteiger partial charge in [-0.15, -0.1) is 11.3 Å². The van der Waals surface area contributed by atoms with Crippen molar-refractivity contribution in [3.63, 3.8) is 0 Å². The normalized spacial score (nSPS) is 19.4. The number of ether oxygens (including phenoxy) is 1. The first-order chi connectivity index (χ1) is 16.5. The highest BCUT2D eigenvalue weighted by Crippen LogP contribution is 2.38. The number of carboxylic acids is 1. The predicted molar refractivity (Wildman–Crippen MR) is 133 cm³/mol. The number of carboxylic acid groups (broad SMARTS) is 1. The number of pyridine rings is 1. The van der Waals surface area contributed by atoms with Gasteiger partial charge in [0.2, 0.25) is 0 Å². The lowest BCUT2D eigenvalue weighted by Crippen LogP contribution is -2.44. The van der Waals surface area contributed by atoms with Crippen LogP contribution in [0.3, 0.4) is 0 Å². The summed E-state index contributed by atoms with van der Waals surface area (Å²) in [4.78, 5) is 19.3. The second-order valence-electron chi connectivity index (χ2n) is 8.46. The van der Waals surface area contributed by atoms with Crippen LogP contribution in [0.2, 0.25) is 5.02 Å². The molecule has 1 aromatic carbocycles. The van der Waals surface area contributed by atoms with Gasteiger partial charge in [0, 0.05) is 23.7 Å². The molecule has 5 nitrogen and oxygen atoms in total. The average molecular weight is 501 g/mol. The number of carbonyl (C=O) groups is 1. The van der Waals surface area contributed by atoms with Gasteiger partial charge in [-0.25, -0.2) is 4.39 Å². The van der Waals surface area contributed by atoms with Crippen molar-refractivity contribution < 1.29 is 19.0 Å². The second kappa shape index (κ2) is 11.2. The Labute approximate surface area is 207 Å². The third-order valence-electron chi connectivity index (χ3n) is 6.36. The second-order valence-corrected chi connectivity index (χ2v) is 9.81. The van der Waals surface area contributed by atoms with Crippen LogP contribution < -0.4 is 4.74 Å². The summed E-state index contributed by atoms with van der Waals surface area (Å²) in [7, 11) is 1.55. The molecule has 0 radical (unpaired) electrons. The number of halogens is 2. The number of alkyl halides is 1. The van der Waals surface area contributed by atoms with E-state index in [2.05, 4.69) is 21.7 Å². The van der Waals surface area contributed by atoms with Gasteiger partial charge >= 0.3 is 5.97 Å². The predicted octanol–water partition coefficient (Wildman–Crippen LogP) is 5.82. The molecule has 0 spiro atoms. The Balaban J connectivity index is 1.42. The molecule has 178 valence electrons. The van der Waals surface area contributed by atoms with E-state index in [0.29, 0.717) is 48.1 Å². The number of benzene rings is 1. The van der Waals surface area contributed by atoms with Gasteiger partial charge in [-0.3, -0.25) is 14.7 Å². The molecule has 3 aromatic rings. The number of thiophene rings is 1. The van der Waals surface area contributed by atoms with Gasteiger partial charge in [0.25, 0.3) is 0 Å². The summed E-state index contributed by atoms with van der Waals surface area (Å²) in [5.74, 6) is 5.37. The largest absolute Gasteiger partial charge is 0.497 e. The van der Waals surface area contributed by atoms with E-state index in [1.165, 1.54) is 6.20 Å². The molecule has 0 bridgehead atoms. The maximum absolute atomic E-state index is 15.5. The maximum Gasteiger partial charge on any atom is 0.308 e. The van der Waals surface area contributed by atoms with Gasteiger partial charge in [0.1, 0.15) is 11.9 Å². The summed E-state index contributed by atoms with van der Waals surface area (Å²) in [6.45, 7) is 1.70. The standard InChI is InChI=1S/C26H26ClFN2O3S/c1-33-18-7-9-24-20(14-18)25(22(27)15-29-24)23(28)8-6-17-10-12-30(16-21(17)26(31)32)11-2-4-19-5-3-13-34-19/h3,5,7,9,13-15,17,21,23H,6,8,10-12,16H2,1H3,(H,31,32). The molecule has 4 rings (SSSR count). The van der Waals surface area contributed by atoms with E-state index in [1.807, 2.05) is 17.5 Å². The monoisotopic (exact) mass is 500 g/mol. The Hall–Kier alpha value is -2.66. The van der Waals surface area contributed by atoms with Crippen molar-refractivity contribution in [3.8, 4) is 17.6 Å². The number of likely N-dealkylation sites (tertiary alicyclic amines) is 1. The van der Waals surface area contributed by atoms with Gasteiger partial charge in [-0.1, -0.05) is 29.5 Å². The Morgan fingerprint density at radius 1 is 1.44 bits per heavy atom. The molecule has 2 aromatic heterocycles. The van der Waals surface area contributed by atoms with Crippen LogP contribution in [0.1, 0.15) is 35.9 Å². The first kappa shape index (κ1) is 24.5.